The quantitative estimate of drug-likeness (QED) is 0.651. The molecule has 2 atom stereocenters. The van der Waals surface area contributed by atoms with E-state index in [1.165, 1.54) is 0 Å². The smallest absolute Gasteiger partial charge is 0.220 e. The molecule has 0 radical (unpaired) electrons. The summed E-state index contributed by atoms with van der Waals surface area (Å²) in [5.41, 5.74) is 0. The Morgan fingerprint density at radius 2 is 2.00 bits per heavy atom. The Bertz CT molecular complexity index is 171. The molecule has 90 valence electrons. The second-order valence-corrected chi connectivity index (χ2v) is 4.28. The minimum Gasteiger partial charge on any atom is -0.396 e. The van der Waals surface area contributed by atoms with Crippen LogP contribution >= 0.6 is 0 Å². The van der Waals surface area contributed by atoms with Gasteiger partial charge in [0.2, 0.25) is 5.91 Å². The average Bonchev–Trinajstić information content (AvgIpc) is 2.17. The van der Waals surface area contributed by atoms with E-state index in [0.29, 0.717) is 18.8 Å². The van der Waals surface area contributed by atoms with E-state index >= 15 is 0 Å². The zero-order chi connectivity index (χ0) is 11.7. The van der Waals surface area contributed by atoms with Gasteiger partial charge >= 0.3 is 0 Å². The van der Waals surface area contributed by atoms with Crippen LogP contribution in [0.1, 0.15) is 52.9 Å². The molecule has 0 aromatic carbocycles. The Morgan fingerprint density at radius 1 is 1.33 bits per heavy atom. The van der Waals surface area contributed by atoms with Crippen LogP contribution in [0, 0.1) is 5.92 Å². The molecule has 0 aliphatic rings. The van der Waals surface area contributed by atoms with E-state index in [1.807, 2.05) is 6.92 Å². The lowest BCUT2D eigenvalue weighted by molar-refractivity contribution is -0.122. The van der Waals surface area contributed by atoms with Crippen molar-refractivity contribution >= 4 is 5.91 Å². The van der Waals surface area contributed by atoms with Gasteiger partial charge in [-0.1, -0.05) is 33.6 Å². The van der Waals surface area contributed by atoms with Crippen LogP contribution < -0.4 is 5.32 Å². The van der Waals surface area contributed by atoms with Gasteiger partial charge in [-0.2, -0.15) is 0 Å². The van der Waals surface area contributed by atoms with Crippen LogP contribution in [0.15, 0.2) is 0 Å². The first-order valence-electron chi connectivity index (χ1n) is 6.04. The standard InChI is InChI=1S/C12H25NO2/c1-4-6-10(3)9-12(15)13-11(5-2)7-8-14/h10-11,14H,4-9H2,1-3H3,(H,13,15). The molecule has 15 heavy (non-hydrogen) atoms. The highest BCUT2D eigenvalue weighted by molar-refractivity contribution is 5.76. The van der Waals surface area contributed by atoms with Gasteiger partial charge in [-0.05, 0) is 18.8 Å². The van der Waals surface area contributed by atoms with E-state index in [0.717, 1.165) is 19.3 Å². The lowest BCUT2D eigenvalue weighted by Gasteiger charge is -2.17. The van der Waals surface area contributed by atoms with Crippen molar-refractivity contribution in [2.45, 2.75) is 58.9 Å². The second kappa shape index (κ2) is 8.72. The first-order valence-corrected chi connectivity index (χ1v) is 6.04. The third-order valence-corrected chi connectivity index (χ3v) is 2.65. The maximum Gasteiger partial charge on any atom is 0.220 e. The zero-order valence-corrected chi connectivity index (χ0v) is 10.3. The Morgan fingerprint density at radius 3 is 2.47 bits per heavy atom. The summed E-state index contributed by atoms with van der Waals surface area (Å²) in [6.45, 7) is 6.41. The Hall–Kier alpha value is -0.570. The average molecular weight is 215 g/mol. The third kappa shape index (κ3) is 7.37. The van der Waals surface area contributed by atoms with E-state index < -0.39 is 0 Å². The first-order chi connectivity index (χ1) is 7.13. The summed E-state index contributed by atoms with van der Waals surface area (Å²) in [7, 11) is 0. The Kier molecular flexibility index (Phi) is 8.38. The predicted octanol–water partition coefficient (Wildman–Crippen LogP) is 2.09. The molecule has 0 aromatic rings. The molecule has 3 nitrogen and oxygen atoms in total. The lowest BCUT2D eigenvalue weighted by atomic mass is 10.0. The number of aliphatic hydroxyl groups excluding tert-OH is 1. The van der Waals surface area contributed by atoms with Gasteiger partial charge in [-0.25, -0.2) is 0 Å². The van der Waals surface area contributed by atoms with Crippen LogP contribution in [0.5, 0.6) is 0 Å². The fraction of sp³-hybridized carbons (Fsp3) is 0.917. The van der Waals surface area contributed by atoms with Crippen LogP contribution in [0.3, 0.4) is 0 Å². The van der Waals surface area contributed by atoms with Crippen molar-refractivity contribution in [2.24, 2.45) is 5.92 Å². The molecule has 0 aromatic heterocycles. The molecule has 0 rings (SSSR count). The van der Waals surface area contributed by atoms with Gasteiger partial charge in [-0.3, -0.25) is 4.79 Å². The van der Waals surface area contributed by atoms with Crippen LogP contribution in [-0.4, -0.2) is 23.7 Å². The van der Waals surface area contributed by atoms with E-state index in [9.17, 15) is 4.79 Å². The van der Waals surface area contributed by atoms with Crippen molar-refractivity contribution in [1.29, 1.82) is 0 Å². The van der Waals surface area contributed by atoms with Crippen molar-refractivity contribution in [3.8, 4) is 0 Å². The number of rotatable bonds is 8. The fourth-order valence-electron chi connectivity index (χ4n) is 1.73. The van der Waals surface area contributed by atoms with Crippen molar-refractivity contribution in [2.75, 3.05) is 6.61 Å². The van der Waals surface area contributed by atoms with E-state index in [2.05, 4.69) is 19.2 Å². The summed E-state index contributed by atoms with van der Waals surface area (Å²) < 4.78 is 0. The summed E-state index contributed by atoms with van der Waals surface area (Å²) >= 11 is 0. The molecule has 0 spiro atoms. The SMILES string of the molecule is CCCC(C)CC(=O)NC(CC)CCO. The number of aliphatic hydroxyl groups is 1. The topological polar surface area (TPSA) is 49.3 Å². The highest BCUT2D eigenvalue weighted by atomic mass is 16.3. The summed E-state index contributed by atoms with van der Waals surface area (Å²) in [6.07, 6.45) is 4.38. The number of carbonyl (C=O) groups is 1. The van der Waals surface area contributed by atoms with Gasteiger partial charge in [0.15, 0.2) is 0 Å². The third-order valence-electron chi connectivity index (χ3n) is 2.65. The van der Waals surface area contributed by atoms with Gasteiger partial charge in [0.05, 0.1) is 0 Å². The monoisotopic (exact) mass is 215 g/mol. The molecule has 2 unspecified atom stereocenters. The Balaban J connectivity index is 3.79. The largest absolute Gasteiger partial charge is 0.396 e. The summed E-state index contributed by atoms with van der Waals surface area (Å²) in [5.74, 6) is 0.581. The van der Waals surface area contributed by atoms with Crippen molar-refractivity contribution in [1.82, 2.24) is 5.32 Å². The highest BCUT2D eigenvalue weighted by Gasteiger charge is 2.12. The van der Waals surface area contributed by atoms with Crippen molar-refractivity contribution in [3.05, 3.63) is 0 Å². The van der Waals surface area contributed by atoms with Crippen LogP contribution in [0.25, 0.3) is 0 Å². The minimum atomic E-state index is 0.122. The molecule has 0 saturated heterocycles. The zero-order valence-electron chi connectivity index (χ0n) is 10.3. The first kappa shape index (κ1) is 14.4. The number of hydrogen-bond acceptors (Lipinski definition) is 2. The minimum absolute atomic E-state index is 0.122. The number of hydrogen-bond donors (Lipinski definition) is 2. The lowest BCUT2D eigenvalue weighted by Crippen LogP contribution is -2.35. The van der Waals surface area contributed by atoms with Gasteiger partial charge in [0.25, 0.3) is 0 Å². The van der Waals surface area contributed by atoms with Gasteiger partial charge < -0.3 is 10.4 Å². The van der Waals surface area contributed by atoms with Gasteiger partial charge in [-0.15, -0.1) is 0 Å². The van der Waals surface area contributed by atoms with Crippen LogP contribution in [0.4, 0.5) is 0 Å². The molecule has 0 aliphatic carbocycles. The molecule has 0 aliphatic heterocycles. The molecular formula is C12H25NO2. The Labute approximate surface area is 93.3 Å². The van der Waals surface area contributed by atoms with E-state index in [-0.39, 0.29) is 18.6 Å². The molecule has 1 amide bonds. The highest BCUT2D eigenvalue weighted by Crippen LogP contribution is 2.10. The molecule has 3 heteroatoms. The maximum absolute atomic E-state index is 11.6. The van der Waals surface area contributed by atoms with E-state index in [1.54, 1.807) is 0 Å². The molecule has 0 bridgehead atoms. The van der Waals surface area contributed by atoms with Crippen LogP contribution in [0.2, 0.25) is 0 Å². The van der Waals surface area contributed by atoms with Crippen LogP contribution in [-0.2, 0) is 4.79 Å². The maximum atomic E-state index is 11.6. The van der Waals surface area contributed by atoms with Gasteiger partial charge in [0, 0.05) is 19.1 Å². The van der Waals surface area contributed by atoms with Crippen molar-refractivity contribution in [3.63, 3.8) is 0 Å². The predicted molar refractivity (Wildman–Crippen MR) is 62.6 cm³/mol. The molecular weight excluding hydrogens is 190 g/mol. The summed E-state index contributed by atoms with van der Waals surface area (Å²) in [6, 6.07) is 0.135. The number of carbonyl (C=O) groups excluding carboxylic acids is 1. The summed E-state index contributed by atoms with van der Waals surface area (Å²) in [5, 5.41) is 11.8. The molecule has 0 fully saturated rings. The molecule has 0 heterocycles. The summed E-state index contributed by atoms with van der Waals surface area (Å²) in [4.78, 5) is 11.6. The number of nitrogens with one attached hydrogen (secondary N) is 1. The molecule has 2 N–H and O–H groups in total. The fourth-order valence-corrected chi connectivity index (χ4v) is 1.73. The number of amides is 1. The van der Waals surface area contributed by atoms with Crippen molar-refractivity contribution < 1.29 is 9.90 Å². The second-order valence-electron chi connectivity index (χ2n) is 4.28. The van der Waals surface area contributed by atoms with E-state index in [4.69, 9.17) is 5.11 Å². The normalized spacial score (nSPS) is 14.7. The van der Waals surface area contributed by atoms with Gasteiger partial charge in [0.1, 0.15) is 0 Å². The molecule has 0 saturated carbocycles.